The van der Waals surface area contributed by atoms with E-state index in [0.29, 0.717) is 6.04 Å². The molecule has 1 nitrogen and oxygen atoms in total. The topological polar surface area (TPSA) is 12.0 Å². The van der Waals surface area contributed by atoms with Crippen molar-refractivity contribution in [1.29, 1.82) is 0 Å². The number of thioether (sulfide) groups is 1. The first-order valence-electron chi connectivity index (χ1n) is 6.83. The summed E-state index contributed by atoms with van der Waals surface area (Å²) in [7, 11) is 0. The predicted molar refractivity (Wildman–Crippen MR) is 89.4 cm³/mol. The fourth-order valence-corrected chi connectivity index (χ4v) is 3.15. The lowest BCUT2D eigenvalue weighted by Crippen LogP contribution is -2.22. The Kier molecular flexibility index (Phi) is 5.96. The zero-order chi connectivity index (χ0) is 14.4. The van der Waals surface area contributed by atoms with Gasteiger partial charge in [-0.05, 0) is 23.3 Å². The normalized spacial score (nSPS) is 11.0. The maximum absolute atomic E-state index is 6.13. The summed E-state index contributed by atoms with van der Waals surface area (Å²) in [4.78, 5) is 1.26. The first-order valence-corrected chi connectivity index (χ1v) is 8.20. The van der Waals surface area contributed by atoms with Gasteiger partial charge in [-0.25, -0.2) is 0 Å². The molecule has 2 aromatic carbocycles. The van der Waals surface area contributed by atoms with Crippen molar-refractivity contribution in [2.45, 2.75) is 37.1 Å². The average molecular weight is 306 g/mol. The number of hydrogen-bond acceptors (Lipinski definition) is 2. The lowest BCUT2D eigenvalue weighted by Gasteiger charge is -2.13. The SMILES string of the molecule is CC(C)NCc1ccc(Cl)cc1SCc1ccccc1. The van der Waals surface area contributed by atoms with E-state index >= 15 is 0 Å². The molecule has 0 heterocycles. The molecule has 0 aliphatic rings. The predicted octanol–water partition coefficient (Wildman–Crippen LogP) is 5.13. The second kappa shape index (κ2) is 7.72. The molecule has 0 aliphatic heterocycles. The summed E-state index contributed by atoms with van der Waals surface area (Å²) >= 11 is 7.97. The van der Waals surface area contributed by atoms with Crippen LogP contribution in [-0.4, -0.2) is 6.04 Å². The lowest BCUT2D eigenvalue weighted by molar-refractivity contribution is 0.585. The fourth-order valence-electron chi connectivity index (χ4n) is 1.86. The minimum atomic E-state index is 0.484. The molecule has 0 fully saturated rings. The van der Waals surface area contributed by atoms with Gasteiger partial charge >= 0.3 is 0 Å². The summed E-state index contributed by atoms with van der Waals surface area (Å²) in [6.45, 7) is 5.20. The fraction of sp³-hybridized carbons (Fsp3) is 0.294. The summed E-state index contributed by atoms with van der Waals surface area (Å²) in [6.07, 6.45) is 0. The van der Waals surface area contributed by atoms with Gasteiger partial charge in [0.2, 0.25) is 0 Å². The van der Waals surface area contributed by atoms with Crippen LogP contribution in [0.15, 0.2) is 53.4 Å². The van der Waals surface area contributed by atoms with Crippen molar-refractivity contribution < 1.29 is 0 Å². The van der Waals surface area contributed by atoms with E-state index in [9.17, 15) is 0 Å². The van der Waals surface area contributed by atoms with E-state index in [1.165, 1.54) is 16.0 Å². The summed E-state index contributed by atoms with van der Waals surface area (Å²) in [5, 5.41) is 4.26. The molecule has 0 radical (unpaired) electrons. The molecule has 0 spiro atoms. The molecule has 0 amide bonds. The smallest absolute Gasteiger partial charge is 0.0417 e. The standard InChI is InChI=1S/C17H20ClNS/c1-13(2)19-11-15-8-9-16(18)10-17(15)20-12-14-6-4-3-5-7-14/h3-10,13,19H,11-12H2,1-2H3. The molecule has 0 bridgehead atoms. The largest absolute Gasteiger partial charge is 0.310 e. The van der Waals surface area contributed by atoms with Crippen LogP contribution in [0.5, 0.6) is 0 Å². The van der Waals surface area contributed by atoms with Gasteiger partial charge in [0.25, 0.3) is 0 Å². The first kappa shape index (κ1) is 15.4. The Bertz CT molecular complexity index is 540. The van der Waals surface area contributed by atoms with Crippen LogP contribution in [0.3, 0.4) is 0 Å². The molecule has 1 N–H and O–H groups in total. The van der Waals surface area contributed by atoms with Crippen LogP contribution >= 0.6 is 23.4 Å². The molecule has 0 aromatic heterocycles. The van der Waals surface area contributed by atoms with E-state index in [2.05, 4.69) is 55.6 Å². The number of hydrogen-bond donors (Lipinski definition) is 1. The van der Waals surface area contributed by atoms with Gasteiger partial charge in [-0.1, -0.05) is 61.8 Å². The van der Waals surface area contributed by atoms with E-state index in [4.69, 9.17) is 11.6 Å². The highest BCUT2D eigenvalue weighted by atomic mass is 35.5. The molecule has 0 aliphatic carbocycles. The third kappa shape index (κ3) is 4.86. The summed E-state index contributed by atoms with van der Waals surface area (Å²) in [5.74, 6) is 0.968. The molecule has 2 aromatic rings. The van der Waals surface area contributed by atoms with E-state index in [-0.39, 0.29) is 0 Å². The van der Waals surface area contributed by atoms with Crippen molar-refractivity contribution in [2.75, 3.05) is 0 Å². The summed E-state index contributed by atoms with van der Waals surface area (Å²) in [5.41, 5.74) is 2.64. The Hall–Kier alpha value is -0.960. The van der Waals surface area contributed by atoms with Crippen molar-refractivity contribution >= 4 is 23.4 Å². The molecule has 0 saturated heterocycles. The summed E-state index contributed by atoms with van der Waals surface area (Å²) < 4.78 is 0. The summed E-state index contributed by atoms with van der Waals surface area (Å²) in [6, 6.07) is 17.1. The molecule has 0 unspecified atom stereocenters. The van der Waals surface area contributed by atoms with Crippen LogP contribution in [0.4, 0.5) is 0 Å². The van der Waals surface area contributed by atoms with Crippen molar-refractivity contribution in [3.8, 4) is 0 Å². The van der Waals surface area contributed by atoms with Crippen LogP contribution in [0.25, 0.3) is 0 Å². The van der Waals surface area contributed by atoms with Gasteiger partial charge in [-0.2, -0.15) is 0 Å². The Balaban J connectivity index is 2.07. The Labute approximate surface area is 130 Å². The molecular formula is C17H20ClNS. The van der Waals surface area contributed by atoms with Gasteiger partial charge in [-0.3, -0.25) is 0 Å². The number of halogens is 1. The van der Waals surface area contributed by atoms with Gasteiger partial charge in [0.05, 0.1) is 0 Å². The Morgan fingerprint density at radius 3 is 2.55 bits per heavy atom. The van der Waals surface area contributed by atoms with E-state index in [0.717, 1.165) is 17.3 Å². The lowest BCUT2D eigenvalue weighted by atomic mass is 10.2. The van der Waals surface area contributed by atoms with Crippen LogP contribution in [0, 0.1) is 0 Å². The maximum Gasteiger partial charge on any atom is 0.0417 e. The van der Waals surface area contributed by atoms with Gasteiger partial charge < -0.3 is 5.32 Å². The third-order valence-corrected chi connectivity index (χ3v) is 4.37. The maximum atomic E-state index is 6.13. The highest BCUT2D eigenvalue weighted by molar-refractivity contribution is 7.98. The molecule has 2 rings (SSSR count). The van der Waals surface area contributed by atoms with Crippen molar-refractivity contribution in [1.82, 2.24) is 5.32 Å². The number of benzene rings is 2. The molecule has 0 saturated carbocycles. The van der Waals surface area contributed by atoms with Gasteiger partial charge in [0.1, 0.15) is 0 Å². The van der Waals surface area contributed by atoms with Crippen molar-refractivity contribution in [3.63, 3.8) is 0 Å². The van der Waals surface area contributed by atoms with Crippen LogP contribution in [0.2, 0.25) is 5.02 Å². The van der Waals surface area contributed by atoms with Crippen LogP contribution in [-0.2, 0) is 12.3 Å². The Morgan fingerprint density at radius 1 is 1.10 bits per heavy atom. The minimum absolute atomic E-state index is 0.484. The molecular weight excluding hydrogens is 286 g/mol. The van der Waals surface area contributed by atoms with Gasteiger partial charge in [0.15, 0.2) is 0 Å². The molecule has 0 atom stereocenters. The van der Waals surface area contributed by atoms with E-state index in [1.807, 2.05) is 23.9 Å². The van der Waals surface area contributed by atoms with Crippen molar-refractivity contribution in [3.05, 3.63) is 64.7 Å². The minimum Gasteiger partial charge on any atom is -0.310 e. The van der Waals surface area contributed by atoms with Crippen molar-refractivity contribution in [2.24, 2.45) is 0 Å². The first-order chi connectivity index (χ1) is 9.65. The second-order valence-corrected chi connectivity index (χ2v) is 6.52. The zero-order valence-corrected chi connectivity index (χ0v) is 13.5. The monoisotopic (exact) mass is 305 g/mol. The molecule has 20 heavy (non-hydrogen) atoms. The van der Waals surface area contributed by atoms with Gasteiger partial charge in [0, 0.05) is 28.3 Å². The third-order valence-electron chi connectivity index (χ3n) is 2.97. The molecule has 106 valence electrons. The number of nitrogens with one attached hydrogen (secondary N) is 1. The highest BCUT2D eigenvalue weighted by Crippen LogP contribution is 2.29. The van der Waals surface area contributed by atoms with Crippen LogP contribution < -0.4 is 5.32 Å². The van der Waals surface area contributed by atoms with Crippen LogP contribution in [0.1, 0.15) is 25.0 Å². The Morgan fingerprint density at radius 2 is 1.85 bits per heavy atom. The quantitative estimate of drug-likeness (QED) is 0.742. The number of rotatable bonds is 6. The highest BCUT2D eigenvalue weighted by Gasteiger charge is 2.05. The van der Waals surface area contributed by atoms with E-state index in [1.54, 1.807) is 0 Å². The molecule has 3 heteroatoms. The van der Waals surface area contributed by atoms with Gasteiger partial charge in [-0.15, -0.1) is 11.8 Å². The second-order valence-electron chi connectivity index (χ2n) is 5.06. The average Bonchev–Trinajstić information content (AvgIpc) is 2.45. The van der Waals surface area contributed by atoms with E-state index < -0.39 is 0 Å². The zero-order valence-electron chi connectivity index (χ0n) is 11.9.